The van der Waals surface area contributed by atoms with Crippen LogP contribution >= 0.6 is 0 Å². The van der Waals surface area contributed by atoms with E-state index >= 15 is 0 Å². The van der Waals surface area contributed by atoms with Crippen molar-refractivity contribution in [2.45, 2.75) is 6.92 Å². The Balaban J connectivity index is 2.59. The van der Waals surface area contributed by atoms with Crippen molar-refractivity contribution in [2.75, 3.05) is 21.3 Å². The van der Waals surface area contributed by atoms with Gasteiger partial charge in [-0.1, -0.05) is 29.8 Å². The van der Waals surface area contributed by atoms with Gasteiger partial charge in [0.05, 0.1) is 38.5 Å². The minimum absolute atomic E-state index is 0.534. The Labute approximate surface area is 136 Å². The van der Waals surface area contributed by atoms with Crippen LogP contribution in [0.15, 0.2) is 36.4 Å². The van der Waals surface area contributed by atoms with E-state index in [-0.39, 0.29) is 0 Å². The third-order valence-electron chi connectivity index (χ3n) is 3.52. The molecule has 0 fully saturated rings. The van der Waals surface area contributed by atoms with Crippen LogP contribution in [0.25, 0.3) is 11.6 Å². The number of hydrogen-bond donors (Lipinski definition) is 0. The third-order valence-corrected chi connectivity index (χ3v) is 3.52. The van der Waals surface area contributed by atoms with Crippen molar-refractivity contribution in [1.82, 2.24) is 0 Å². The summed E-state index contributed by atoms with van der Waals surface area (Å²) in [5.74, 6) is 1.80. The van der Waals surface area contributed by atoms with Crippen molar-refractivity contribution in [3.8, 4) is 23.3 Å². The van der Waals surface area contributed by atoms with E-state index in [1.807, 2.05) is 31.2 Å². The van der Waals surface area contributed by atoms with Crippen molar-refractivity contribution in [2.24, 2.45) is 0 Å². The van der Waals surface area contributed by atoms with Gasteiger partial charge in [-0.15, -0.1) is 0 Å². The fourth-order valence-electron chi connectivity index (χ4n) is 2.23. The molecule has 0 aromatic heterocycles. The molecule has 0 spiro atoms. The average Bonchev–Trinajstić information content (AvgIpc) is 2.60. The molecule has 0 amide bonds. The van der Waals surface area contributed by atoms with Gasteiger partial charge in [-0.25, -0.2) is 0 Å². The van der Waals surface area contributed by atoms with Crippen molar-refractivity contribution >= 4 is 11.6 Å². The largest absolute Gasteiger partial charge is 0.496 e. The van der Waals surface area contributed by atoms with Crippen molar-refractivity contribution in [1.29, 1.82) is 5.26 Å². The van der Waals surface area contributed by atoms with Crippen LogP contribution in [-0.4, -0.2) is 21.3 Å². The standard InChI is InChI=1S/C19H19NO3/c1-13-5-7-14(8-6-13)15(12-20)9-17-18(22-3)10-16(21-2)11-19(17)23-4/h5-11H,1-4H3/b15-9-. The number of nitriles is 1. The van der Waals surface area contributed by atoms with Crippen molar-refractivity contribution in [3.63, 3.8) is 0 Å². The number of hydrogen-bond acceptors (Lipinski definition) is 4. The molecule has 4 nitrogen and oxygen atoms in total. The summed E-state index contributed by atoms with van der Waals surface area (Å²) in [5.41, 5.74) is 3.23. The summed E-state index contributed by atoms with van der Waals surface area (Å²) in [4.78, 5) is 0. The fraction of sp³-hybridized carbons (Fsp3) is 0.211. The lowest BCUT2D eigenvalue weighted by Gasteiger charge is -2.13. The molecule has 118 valence electrons. The zero-order valence-electron chi connectivity index (χ0n) is 13.7. The Hall–Kier alpha value is -2.93. The van der Waals surface area contributed by atoms with Gasteiger partial charge in [0, 0.05) is 12.1 Å². The van der Waals surface area contributed by atoms with Crippen molar-refractivity contribution in [3.05, 3.63) is 53.1 Å². The summed E-state index contributed by atoms with van der Waals surface area (Å²) in [6, 6.07) is 13.6. The molecule has 0 aliphatic carbocycles. The summed E-state index contributed by atoms with van der Waals surface area (Å²) < 4.78 is 16.1. The second kappa shape index (κ2) is 7.37. The first kappa shape index (κ1) is 16.4. The highest BCUT2D eigenvalue weighted by atomic mass is 16.5. The first-order valence-corrected chi connectivity index (χ1v) is 7.11. The van der Waals surface area contributed by atoms with E-state index in [0.717, 1.165) is 11.1 Å². The first-order valence-electron chi connectivity index (χ1n) is 7.11. The van der Waals surface area contributed by atoms with Gasteiger partial charge >= 0.3 is 0 Å². The van der Waals surface area contributed by atoms with E-state index in [9.17, 15) is 5.26 Å². The van der Waals surface area contributed by atoms with E-state index in [2.05, 4.69) is 6.07 Å². The van der Waals surface area contributed by atoms with Crippen LogP contribution < -0.4 is 14.2 Å². The predicted octanol–water partition coefficient (Wildman–Crippen LogP) is 4.09. The van der Waals surface area contributed by atoms with E-state index in [4.69, 9.17) is 14.2 Å². The molecule has 0 unspecified atom stereocenters. The maximum atomic E-state index is 9.51. The highest BCUT2D eigenvalue weighted by molar-refractivity contribution is 5.92. The molecule has 2 rings (SSSR count). The number of nitrogens with zero attached hydrogens (tertiary/aromatic N) is 1. The molecular formula is C19H19NO3. The summed E-state index contributed by atoms with van der Waals surface area (Å²) in [7, 11) is 4.73. The van der Waals surface area contributed by atoms with Crippen LogP contribution in [0.3, 0.4) is 0 Å². The third kappa shape index (κ3) is 3.64. The highest BCUT2D eigenvalue weighted by Crippen LogP contribution is 2.36. The first-order chi connectivity index (χ1) is 11.1. The van der Waals surface area contributed by atoms with E-state index in [1.165, 1.54) is 0 Å². The average molecular weight is 309 g/mol. The molecule has 0 radical (unpaired) electrons. The topological polar surface area (TPSA) is 51.5 Å². The Morgan fingerprint density at radius 3 is 1.96 bits per heavy atom. The normalized spacial score (nSPS) is 10.8. The molecule has 0 aliphatic heterocycles. The number of aryl methyl sites for hydroxylation is 1. The van der Waals surface area contributed by atoms with Crippen LogP contribution in [0.1, 0.15) is 16.7 Å². The maximum absolute atomic E-state index is 9.51. The summed E-state index contributed by atoms with van der Waals surface area (Å²) >= 11 is 0. The molecule has 0 atom stereocenters. The molecule has 0 aliphatic rings. The fourth-order valence-corrected chi connectivity index (χ4v) is 2.23. The minimum Gasteiger partial charge on any atom is -0.496 e. The van der Waals surface area contributed by atoms with Crippen LogP contribution in [0, 0.1) is 18.3 Å². The van der Waals surface area contributed by atoms with Gasteiger partial charge in [0.1, 0.15) is 17.2 Å². The van der Waals surface area contributed by atoms with Gasteiger partial charge in [-0.3, -0.25) is 0 Å². The lowest BCUT2D eigenvalue weighted by Crippen LogP contribution is -1.95. The molecule has 4 heteroatoms. The molecule has 0 saturated carbocycles. The molecular weight excluding hydrogens is 290 g/mol. The smallest absolute Gasteiger partial charge is 0.133 e. The second-order valence-corrected chi connectivity index (χ2v) is 4.98. The van der Waals surface area contributed by atoms with E-state index in [1.54, 1.807) is 39.5 Å². The van der Waals surface area contributed by atoms with Crippen LogP contribution in [0.4, 0.5) is 0 Å². The SMILES string of the molecule is COc1cc(OC)c(/C=C(/C#N)c2ccc(C)cc2)c(OC)c1. The lowest BCUT2D eigenvalue weighted by atomic mass is 10.0. The number of allylic oxidation sites excluding steroid dienone is 1. The summed E-state index contributed by atoms with van der Waals surface area (Å²) in [6.07, 6.45) is 1.77. The van der Waals surface area contributed by atoms with Gasteiger partial charge in [0.15, 0.2) is 0 Å². The van der Waals surface area contributed by atoms with Gasteiger partial charge < -0.3 is 14.2 Å². The molecule has 0 N–H and O–H groups in total. The highest BCUT2D eigenvalue weighted by Gasteiger charge is 2.13. The lowest BCUT2D eigenvalue weighted by molar-refractivity contribution is 0.374. The summed E-state index contributed by atoms with van der Waals surface area (Å²) in [5, 5.41) is 9.51. The van der Waals surface area contributed by atoms with E-state index < -0.39 is 0 Å². The molecule has 0 saturated heterocycles. The monoisotopic (exact) mass is 309 g/mol. The molecule has 0 heterocycles. The van der Waals surface area contributed by atoms with Gasteiger partial charge in [0.2, 0.25) is 0 Å². The quantitative estimate of drug-likeness (QED) is 0.617. The maximum Gasteiger partial charge on any atom is 0.133 e. The number of rotatable bonds is 5. The Kier molecular flexibility index (Phi) is 5.27. The number of benzene rings is 2. The minimum atomic E-state index is 0.534. The second-order valence-electron chi connectivity index (χ2n) is 4.98. The molecule has 0 bridgehead atoms. The predicted molar refractivity (Wildman–Crippen MR) is 90.8 cm³/mol. The van der Waals surface area contributed by atoms with Crippen LogP contribution in [0.2, 0.25) is 0 Å². The van der Waals surface area contributed by atoms with Crippen LogP contribution in [0.5, 0.6) is 17.2 Å². The van der Waals surface area contributed by atoms with Crippen LogP contribution in [-0.2, 0) is 0 Å². The van der Waals surface area contributed by atoms with Crippen molar-refractivity contribution < 1.29 is 14.2 Å². The Morgan fingerprint density at radius 2 is 1.52 bits per heavy atom. The van der Waals surface area contributed by atoms with Gasteiger partial charge in [0.25, 0.3) is 0 Å². The molecule has 23 heavy (non-hydrogen) atoms. The zero-order chi connectivity index (χ0) is 16.8. The van der Waals surface area contributed by atoms with Gasteiger partial charge in [-0.2, -0.15) is 5.26 Å². The Morgan fingerprint density at radius 1 is 0.957 bits per heavy atom. The molecule has 2 aromatic carbocycles. The Bertz CT molecular complexity index is 730. The number of ether oxygens (including phenoxy) is 3. The van der Waals surface area contributed by atoms with E-state index in [0.29, 0.717) is 28.4 Å². The van der Waals surface area contributed by atoms with Gasteiger partial charge in [-0.05, 0) is 18.6 Å². The molecule has 2 aromatic rings. The number of methoxy groups -OCH3 is 3. The summed E-state index contributed by atoms with van der Waals surface area (Å²) in [6.45, 7) is 2.01. The zero-order valence-corrected chi connectivity index (χ0v) is 13.7.